The molecule has 0 radical (unpaired) electrons. The van der Waals surface area contributed by atoms with Crippen LogP contribution in [0.2, 0.25) is 0 Å². The molecule has 0 aliphatic heterocycles. The first kappa shape index (κ1) is 20.9. The van der Waals surface area contributed by atoms with Crippen LogP contribution in [0.1, 0.15) is 26.7 Å². The Labute approximate surface area is 171 Å². The van der Waals surface area contributed by atoms with Crippen LogP contribution in [0.4, 0.5) is 5.82 Å². The molecule has 8 heteroatoms. The maximum atomic E-state index is 12.9. The second kappa shape index (κ2) is 9.09. The van der Waals surface area contributed by atoms with Crippen LogP contribution in [0, 0.1) is 5.92 Å². The molecule has 154 valence electrons. The molecule has 29 heavy (non-hydrogen) atoms. The standard InChI is InChI=1S/C21H25N3O4S/c1-4-15(5-2)14-28-21-20(22-18-8-6-7-9-19(18)23-21)24-29(25,26)17-12-10-16(27-3)11-13-17/h6-13,15H,4-5,14H2,1-3H3,(H,22,24). The van der Waals surface area contributed by atoms with E-state index in [1.54, 1.807) is 18.2 Å². The summed E-state index contributed by atoms with van der Waals surface area (Å²) in [6, 6.07) is 13.4. The van der Waals surface area contributed by atoms with Crippen LogP contribution in [0.5, 0.6) is 11.6 Å². The number of anilines is 1. The van der Waals surface area contributed by atoms with Crippen LogP contribution >= 0.6 is 0 Å². The predicted molar refractivity (Wildman–Crippen MR) is 113 cm³/mol. The van der Waals surface area contributed by atoms with Gasteiger partial charge in [-0.25, -0.2) is 18.4 Å². The lowest BCUT2D eigenvalue weighted by molar-refractivity contribution is 0.234. The summed E-state index contributed by atoms with van der Waals surface area (Å²) in [4.78, 5) is 9.03. The van der Waals surface area contributed by atoms with Gasteiger partial charge in [-0.15, -0.1) is 0 Å². The molecule has 3 aromatic rings. The Balaban J connectivity index is 1.95. The fourth-order valence-electron chi connectivity index (χ4n) is 2.81. The van der Waals surface area contributed by atoms with Crippen molar-refractivity contribution in [1.29, 1.82) is 0 Å². The molecular formula is C21H25N3O4S. The van der Waals surface area contributed by atoms with E-state index < -0.39 is 10.0 Å². The van der Waals surface area contributed by atoms with Gasteiger partial charge in [0, 0.05) is 0 Å². The fourth-order valence-corrected chi connectivity index (χ4v) is 3.81. The summed E-state index contributed by atoms with van der Waals surface area (Å²) >= 11 is 0. The average molecular weight is 416 g/mol. The monoisotopic (exact) mass is 415 g/mol. The minimum absolute atomic E-state index is 0.0745. The second-order valence-corrected chi connectivity index (χ2v) is 8.32. The van der Waals surface area contributed by atoms with E-state index in [-0.39, 0.29) is 16.6 Å². The summed E-state index contributed by atoms with van der Waals surface area (Å²) in [7, 11) is -2.34. The molecule has 0 amide bonds. The summed E-state index contributed by atoms with van der Waals surface area (Å²) in [6.45, 7) is 4.63. The molecule has 0 spiro atoms. The number of rotatable bonds is 9. The molecule has 0 saturated heterocycles. The van der Waals surface area contributed by atoms with Crippen LogP contribution in [0.15, 0.2) is 53.4 Å². The minimum atomic E-state index is -3.87. The van der Waals surface area contributed by atoms with Crippen LogP contribution in [-0.2, 0) is 10.0 Å². The van der Waals surface area contributed by atoms with Gasteiger partial charge in [-0.1, -0.05) is 38.8 Å². The van der Waals surface area contributed by atoms with E-state index in [0.717, 1.165) is 12.8 Å². The van der Waals surface area contributed by atoms with Gasteiger partial charge in [0.15, 0.2) is 0 Å². The third-order valence-electron chi connectivity index (χ3n) is 4.75. The van der Waals surface area contributed by atoms with Crippen LogP contribution in [0.3, 0.4) is 0 Å². The molecule has 0 aliphatic rings. The van der Waals surface area contributed by atoms with Crippen molar-refractivity contribution in [2.75, 3.05) is 18.4 Å². The number of hydrogen-bond acceptors (Lipinski definition) is 6. The molecule has 0 aliphatic carbocycles. The van der Waals surface area contributed by atoms with E-state index in [0.29, 0.717) is 29.3 Å². The van der Waals surface area contributed by atoms with E-state index in [9.17, 15) is 8.42 Å². The van der Waals surface area contributed by atoms with Crippen molar-refractivity contribution < 1.29 is 17.9 Å². The third-order valence-corrected chi connectivity index (χ3v) is 6.10. The summed E-state index contributed by atoms with van der Waals surface area (Å²) in [5.41, 5.74) is 1.22. The molecule has 1 heterocycles. The summed E-state index contributed by atoms with van der Waals surface area (Å²) in [5.74, 6) is 1.18. The maximum absolute atomic E-state index is 12.9. The molecular weight excluding hydrogens is 390 g/mol. The van der Waals surface area contributed by atoms with Crippen molar-refractivity contribution in [2.24, 2.45) is 5.92 Å². The van der Waals surface area contributed by atoms with Crippen molar-refractivity contribution >= 4 is 26.9 Å². The SMILES string of the molecule is CCC(CC)COc1nc2ccccc2nc1NS(=O)(=O)c1ccc(OC)cc1. The molecule has 0 atom stereocenters. The highest BCUT2D eigenvalue weighted by Gasteiger charge is 2.20. The summed E-state index contributed by atoms with van der Waals surface area (Å²) < 4.78 is 39.2. The van der Waals surface area contributed by atoms with Gasteiger partial charge in [0.2, 0.25) is 5.82 Å². The van der Waals surface area contributed by atoms with Gasteiger partial charge in [-0.3, -0.25) is 4.72 Å². The molecule has 7 nitrogen and oxygen atoms in total. The predicted octanol–water partition coefficient (Wildman–Crippen LogP) is 4.25. The van der Waals surface area contributed by atoms with Gasteiger partial charge in [-0.2, -0.15) is 0 Å². The number of nitrogens with one attached hydrogen (secondary N) is 1. The molecule has 3 rings (SSSR count). The summed E-state index contributed by atoms with van der Waals surface area (Å²) in [5, 5.41) is 0. The number of hydrogen-bond donors (Lipinski definition) is 1. The van der Waals surface area contributed by atoms with Crippen LogP contribution in [0.25, 0.3) is 11.0 Å². The first-order valence-corrected chi connectivity index (χ1v) is 11.0. The molecule has 0 saturated carbocycles. The van der Waals surface area contributed by atoms with Gasteiger partial charge < -0.3 is 9.47 Å². The molecule has 0 fully saturated rings. The number of para-hydroxylation sites is 2. The Bertz CT molecular complexity index is 1060. The lowest BCUT2D eigenvalue weighted by Gasteiger charge is -2.16. The number of fused-ring (bicyclic) bond motifs is 1. The normalized spacial score (nSPS) is 11.6. The fraction of sp³-hybridized carbons (Fsp3) is 0.333. The smallest absolute Gasteiger partial charge is 0.263 e. The number of nitrogens with zero attached hydrogens (tertiary/aromatic N) is 2. The van der Waals surface area contributed by atoms with E-state index in [4.69, 9.17) is 9.47 Å². The van der Waals surface area contributed by atoms with Gasteiger partial charge in [0.05, 0.1) is 29.6 Å². The van der Waals surface area contributed by atoms with E-state index in [1.165, 1.54) is 19.2 Å². The Morgan fingerprint density at radius 1 is 0.966 bits per heavy atom. The largest absolute Gasteiger partial charge is 0.497 e. The second-order valence-electron chi connectivity index (χ2n) is 6.64. The van der Waals surface area contributed by atoms with E-state index in [1.807, 2.05) is 18.2 Å². The van der Waals surface area contributed by atoms with Gasteiger partial charge in [-0.05, 0) is 42.3 Å². The molecule has 1 N–H and O–H groups in total. The topological polar surface area (TPSA) is 90.4 Å². The van der Waals surface area contributed by atoms with Crippen molar-refractivity contribution in [3.8, 4) is 11.6 Å². The number of benzene rings is 2. The molecule has 2 aromatic carbocycles. The van der Waals surface area contributed by atoms with E-state index >= 15 is 0 Å². The highest BCUT2D eigenvalue weighted by Crippen LogP contribution is 2.27. The quantitative estimate of drug-likeness (QED) is 0.562. The Morgan fingerprint density at radius 3 is 2.17 bits per heavy atom. The first-order chi connectivity index (χ1) is 14.0. The number of aromatic nitrogens is 2. The van der Waals surface area contributed by atoms with Crippen molar-refractivity contribution in [2.45, 2.75) is 31.6 Å². The summed E-state index contributed by atoms with van der Waals surface area (Å²) in [6.07, 6.45) is 1.93. The number of methoxy groups -OCH3 is 1. The number of ether oxygens (including phenoxy) is 2. The zero-order valence-corrected chi connectivity index (χ0v) is 17.6. The zero-order chi connectivity index (χ0) is 20.9. The first-order valence-electron chi connectivity index (χ1n) is 9.53. The lowest BCUT2D eigenvalue weighted by atomic mass is 10.1. The molecule has 0 bridgehead atoms. The van der Waals surface area contributed by atoms with E-state index in [2.05, 4.69) is 28.5 Å². The Morgan fingerprint density at radius 2 is 1.59 bits per heavy atom. The lowest BCUT2D eigenvalue weighted by Crippen LogP contribution is -2.17. The number of sulfonamides is 1. The van der Waals surface area contributed by atoms with Crippen LogP contribution in [-0.4, -0.2) is 32.1 Å². The Kier molecular flexibility index (Phi) is 6.53. The average Bonchev–Trinajstić information content (AvgIpc) is 2.74. The van der Waals surface area contributed by atoms with Crippen molar-refractivity contribution in [3.05, 3.63) is 48.5 Å². The van der Waals surface area contributed by atoms with Crippen molar-refractivity contribution in [1.82, 2.24) is 9.97 Å². The zero-order valence-electron chi connectivity index (χ0n) is 16.8. The van der Waals surface area contributed by atoms with Crippen molar-refractivity contribution in [3.63, 3.8) is 0 Å². The molecule has 0 unspecified atom stereocenters. The Hall–Kier alpha value is -2.87. The van der Waals surface area contributed by atoms with Gasteiger partial charge in [0.1, 0.15) is 5.75 Å². The highest BCUT2D eigenvalue weighted by molar-refractivity contribution is 7.92. The van der Waals surface area contributed by atoms with Crippen LogP contribution < -0.4 is 14.2 Å². The molecule has 1 aromatic heterocycles. The van der Waals surface area contributed by atoms with Gasteiger partial charge in [0.25, 0.3) is 15.9 Å². The third kappa shape index (κ3) is 4.95. The minimum Gasteiger partial charge on any atom is -0.497 e. The highest BCUT2D eigenvalue weighted by atomic mass is 32.2. The van der Waals surface area contributed by atoms with Gasteiger partial charge >= 0.3 is 0 Å². The maximum Gasteiger partial charge on any atom is 0.263 e.